The van der Waals surface area contributed by atoms with Gasteiger partial charge in [0, 0.05) is 24.2 Å². The van der Waals surface area contributed by atoms with Crippen LogP contribution in [0.5, 0.6) is 0 Å². The molecule has 25 heavy (non-hydrogen) atoms. The highest BCUT2D eigenvalue weighted by Crippen LogP contribution is 2.38. The summed E-state index contributed by atoms with van der Waals surface area (Å²) in [5.74, 6) is -0.0405. The van der Waals surface area contributed by atoms with E-state index in [1.54, 1.807) is 18.8 Å². The van der Waals surface area contributed by atoms with E-state index in [1.807, 2.05) is 48.5 Å². The highest BCUT2D eigenvalue weighted by Gasteiger charge is 2.27. The van der Waals surface area contributed by atoms with Crippen molar-refractivity contribution in [3.63, 3.8) is 0 Å². The Labute approximate surface area is 151 Å². The van der Waals surface area contributed by atoms with Gasteiger partial charge in [0.25, 0.3) is 0 Å². The highest BCUT2D eigenvalue weighted by atomic mass is 32.2. The molecule has 0 saturated heterocycles. The largest absolute Gasteiger partial charge is 0.358 e. The molecule has 0 spiro atoms. The number of hydrogen-bond donors (Lipinski definition) is 3. The van der Waals surface area contributed by atoms with Crippen LogP contribution < -0.4 is 16.0 Å². The lowest BCUT2D eigenvalue weighted by Gasteiger charge is -2.08. The molecule has 0 aromatic heterocycles. The summed E-state index contributed by atoms with van der Waals surface area (Å²) in [5, 5.41) is 8.64. The molecule has 0 bridgehead atoms. The molecule has 0 fully saturated rings. The van der Waals surface area contributed by atoms with E-state index >= 15 is 0 Å². The van der Waals surface area contributed by atoms with Crippen molar-refractivity contribution in [1.82, 2.24) is 10.6 Å². The fourth-order valence-corrected chi connectivity index (χ4v) is 3.99. The molecule has 3 rings (SSSR count). The Kier molecular flexibility index (Phi) is 5.73. The molecule has 6 heteroatoms. The number of thioether (sulfide) groups is 1. The molecule has 1 aliphatic heterocycles. The summed E-state index contributed by atoms with van der Waals surface area (Å²) in [6.45, 7) is 0.907. The Bertz CT molecular complexity index is 765. The van der Waals surface area contributed by atoms with Crippen molar-refractivity contribution >= 4 is 29.3 Å². The Balaban J connectivity index is 1.50. The molecule has 1 unspecified atom stereocenters. The first-order valence-corrected chi connectivity index (χ1v) is 9.09. The predicted octanol–water partition coefficient (Wildman–Crippen LogP) is 2.18. The lowest BCUT2D eigenvalue weighted by molar-refractivity contribution is -0.120. The zero-order valence-corrected chi connectivity index (χ0v) is 14.9. The molecular formula is C19H21N3O2S. The molecule has 1 heterocycles. The third kappa shape index (κ3) is 4.61. The average molecular weight is 355 g/mol. The molecule has 2 aromatic rings. The van der Waals surface area contributed by atoms with Crippen molar-refractivity contribution in [1.29, 1.82) is 0 Å². The summed E-state index contributed by atoms with van der Waals surface area (Å²) in [7, 11) is 1.65. The van der Waals surface area contributed by atoms with Gasteiger partial charge in [0.05, 0.1) is 11.8 Å². The SMILES string of the molecule is CNC(=O)C1Cc2cc(NC(=O)CNCc3ccccc3)ccc2S1. The van der Waals surface area contributed by atoms with E-state index in [-0.39, 0.29) is 23.6 Å². The van der Waals surface area contributed by atoms with Gasteiger partial charge in [-0.1, -0.05) is 30.3 Å². The maximum atomic E-state index is 12.1. The zero-order chi connectivity index (χ0) is 17.6. The Morgan fingerprint density at radius 2 is 1.96 bits per heavy atom. The maximum absolute atomic E-state index is 12.1. The van der Waals surface area contributed by atoms with Crippen molar-refractivity contribution in [2.45, 2.75) is 23.1 Å². The van der Waals surface area contributed by atoms with Crippen LogP contribution in [-0.4, -0.2) is 30.7 Å². The zero-order valence-electron chi connectivity index (χ0n) is 14.0. The highest BCUT2D eigenvalue weighted by molar-refractivity contribution is 8.01. The quantitative estimate of drug-likeness (QED) is 0.743. The predicted molar refractivity (Wildman–Crippen MR) is 101 cm³/mol. The molecule has 0 radical (unpaired) electrons. The fourth-order valence-electron chi connectivity index (χ4n) is 2.75. The van der Waals surface area contributed by atoms with Gasteiger partial charge in [-0.3, -0.25) is 9.59 Å². The number of carbonyl (C=O) groups excluding carboxylic acids is 2. The van der Waals surface area contributed by atoms with Gasteiger partial charge in [-0.25, -0.2) is 0 Å². The van der Waals surface area contributed by atoms with Crippen LogP contribution in [0.4, 0.5) is 5.69 Å². The second-order valence-corrected chi connectivity index (χ2v) is 7.13. The van der Waals surface area contributed by atoms with Crippen LogP contribution >= 0.6 is 11.8 Å². The van der Waals surface area contributed by atoms with Crippen molar-refractivity contribution in [3.8, 4) is 0 Å². The van der Waals surface area contributed by atoms with E-state index < -0.39 is 0 Å². The first kappa shape index (κ1) is 17.5. The first-order chi connectivity index (χ1) is 12.2. The fraction of sp³-hybridized carbons (Fsp3) is 0.263. The second kappa shape index (κ2) is 8.18. The standard InChI is InChI=1S/C19H21N3O2S/c1-20-19(24)17-10-14-9-15(7-8-16(14)25-17)22-18(23)12-21-11-13-5-3-2-4-6-13/h2-9,17,21H,10-12H2,1H3,(H,20,24)(H,22,23). The molecule has 5 nitrogen and oxygen atoms in total. The number of nitrogens with one attached hydrogen (secondary N) is 3. The van der Waals surface area contributed by atoms with Crippen LogP contribution in [0.15, 0.2) is 53.4 Å². The maximum Gasteiger partial charge on any atom is 0.238 e. The van der Waals surface area contributed by atoms with E-state index in [9.17, 15) is 9.59 Å². The van der Waals surface area contributed by atoms with Crippen molar-refractivity contribution in [2.24, 2.45) is 0 Å². The lowest BCUT2D eigenvalue weighted by atomic mass is 10.1. The lowest BCUT2D eigenvalue weighted by Crippen LogP contribution is -2.29. The molecule has 0 aliphatic carbocycles. The van der Waals surface area contributed by atoms with Crippen molar-refractivity contribution < 1.29 is 9.59 Å². The topological polar surface area (TPSA) is 70.2 Å². The summed E-state index contributed by atoms with van der Waals surface area (Å²) in [6.07, 6.45) is 0.690. The Morgan fingerprint density at radius 3 is 2.72 bits per heavy atom. The van der Waals surface area contributed by atoms with Crippen molar-refractivity contribution in [3.05, 3.63) is 59.7 Å². The summed E-state index contributed by atoms with van der Waals surface area (Å²) >= 11 is 1.57. The van der Waals surface area contributed by atoms with Gasteiger partial charge in [-0.15, -0.1) is 11.8 Å². The number of hydrogen-bond acceptors (Lipinski definition) is 4. The number of fused-ring (bicyclic) bond motifs is 1. The molecule has 0 saturated carbocycles. The number of amides is 2. The van der Waals surface area contributed by atoms with Crippen LogP contribution in [0.1, 0.15) is 11.1 Å². The number of carbonyl (C=O) groups is 2. The number of benzene rings is 2. The molecule has 1 aliphatic rings. The Morgan fingerprint density at radius 1 is 1.16 bits per heavy atom. The van der Waals surface area contributed by atoms with Gasteiger partial charge in [0.2, 0.25) is 11.8 Å². The molecule has 2 aromatic carbocycles. The van der Waals surface area contributed by atoms with Gasteiger partial charge < -0.3 is 16.0 Å². The van der Waals surface area contributed by atoms with E-state index in [1.165, 1.54) is 0 Å². The summed E-state index contributed by atoms with van der Waals surface area (Å²) in [6, 6.07) is 15.8. The minimum Gasteiger partial charge on any atom is -0.358 e. The van der Waals surface area contributed by atoms with Gasteiger partial charge in [-0.05, 0) is 35.7 Å². The van der Waals surface area contributed by atoms with Crippen molar-refractivity contribution in [2.75, 3.05) is 18.9 Å². The third-order valence-corrected chi connectivity index (χ3v) is 5.33. The first-order valence-electron chi connectivity index (χ1n) is 8.21. The Hall–Kier alpha value is -2.31. The minimum absolute atomic E-state index is 0.0388. The van der Waals surface area contributed by atoms with Crippen LogP contribution in [0.2, 0.25) is 0 Å². The molecule has 130 valence electrons. The molecular weight excluding hydrogens is 334 g/mol. The number of rotatable bonds is 6. The molecule has 2 amide bonds. The second-order valence-electron chi connectivity index (χ2n) is 5.88. The van der Waals surface area contributed by atoms with Crippen LogP contribution in [0, 0.1) is 0 Å². The molecule has 3 N–H and O–H groups in total. The third-order valence-electron chi connectivity index (χ3n) is 4.02. The van der Waals surface area contributed by atoms with Crippen LogP contribution in [-0.2, 0) is 22.6 Å². The normalized spacial score (nSPS) is 15.5. The van der Waals surface area contributed by atoms with E-state index in [4.69, 9.17) is 0 Å². The monoisotopic (exact) mass is 355 g/mol. The van der Waals surface area contributed by atoms with E-state index in [0.717, 1.165) is 21.7 Å². The van der Waals surface area contributed by atoms with E-state index in [2.05, 4.69) is 16.0 Å². The summed E-state index contributed by atoms with van der Waals surface area (Å²) < 4.78 is 0. The molecule has 1 atom stereocenters. The van der Waals surface area contributed by atoms with Gasteiger partial charge in [-0.2, -0.15) is 0 Å². The van der Waals surface area contributed by atoms with Gasteiger partial charge in [0.1, 0.15) is 0 Å². The number of anilines is 1. The van der Waals surface area contributed by atoms with Gasteiger partial charge >= 0.3 is 0 Å². The smallest absolute Gasteiger partial charge is 0.238 e. The summed E-state index contributed by atoms with van der Waals surface area (Å²) in [4.78, 5) is 25.0. The summed E-state index contributed by atoms with van der Waals surface area (Å²) in [5.41, 5.74) is 3.02. The minimum atomic E-state index is -0.0847. The van der Waals surface area contributed by atoms with Crippen LogP contribution in [0.3, 0.4) is 0 Å². The van der Waals surface area contributed by atoms with E-state index in [0.29, 0.717) is 13.0 Å². The average Bonchev–Trinajstić information content (AvgIpc) is 3.05. The van der Waals surface area contributed by atoms with Crippen LogP contribution in [0.25, 0.3) is 0 Å². The van der Waals surface area contributed by atoms with Gasteiger partial charge in [0.15, 0.2) is 0 Å².